The van der Waals surface area contributed by atoms with E-state index in [1.54, 1.807) is 0 Å². The van der Waals surface area contributed by atoms with Crippen LogP contribution in [-0.4, -0.2) is 30.6 Å². The van der Waals surface area contributed by atoms with E-state index in [4.69, 9.17) is 16.3 Å². The molecule has 5 aliphatic rings. The molecule has 4 aliphatic carbocycles. The first kappa shape index (κ1) is 16.9. The number of carbonyl (C=O) groups excluding carboxylic acids is 1. The highest BCUT2D eigenvalue weighted by Gasteiger charge is 2.49. The lowest BCUT2D eigenvalue weighted by Crippen LogP contribution is -2.58. The molecule has 2 N–H and O–H groups in total. The number of rotatable bonds is 4. The number of hydrogen-bond donors (Lipinski definition) is 2. The van der Waals surface area contributed by atoms with E-state index in [2.05, 4.69) is 10.6 Å². The van der Waals surface area contributed by atoms with Gasteiger partial charge in [0, 0.05) is 19.0 Å². The number of nitrogens with one attached hydrogen (secondary N) is 2. The van der Waals surface area contributed by atoms with Crippen LogP contribution in [0.15, 0.2) is 24.3 Å². The fourth-order valence-corrected chi connectivity index (χ4v) is 6.32. The van der Waals surface area contributed by atoms with Gasteiger partial charge < -0.3 is 15.4 Å². The first-order valence-electron chi connectivity index (χ1n) is 10.1. The Morgan fingerprint density at radius 3 is 2.42 bits per heavy atom. The van der Waals surface area contributed by atoms with Crippen molar-refractivity contribution in [3.8, 4) is 5.75 Å². The molecule has 5 heteroatoms. The van der Waals surface area contributed by atoms with Crippen LogP contribution in [0.1, 0.15) is 38.5 Å². The van der Waals surface area contributed by atoms with Crippen molar-refractivity contribution >= 4 is 17.5 Å². The summed E-state index contributed by atoms with van der Waals surface area (Å²) in [6.45, 7) is 0.685. The first-order valence-corrected chi connectivity index (χ1v) is 10.5. The number of para-hydroxylation sites is 1. The summed E-state index contributed by atoms with van der Waals surface area (Å²) < 4.78 is 6.00. The van der Waals surface area contributed by atoms with Crippen molar-refractivity contribution in [1.82, 2.24) is 10.6 Å². The third kappa shape index (κ3) is 3.11. The molecular weight excluding hydrogens is 348 g/mol. The van der Waals surface area contributed by atoms with Gasteiger partial charge in [-0.05, 0) is 67.9 Å². The molecule has 4 bridgehead atoms. The Balaban J connectivity index is 1.18. The number of carbonyl (C=O) groups is 1. The topological polar surface area (TPSA) is 50.4 Å². The number of hydrogen-bond acceptors (Lipinski definition) is 3. The Morgan fingerprint density at radius 1 is 1.04 bits per heavy atom. The summed E-state index contributed by atoms with van der Waals surface area (Å²) >= 11 is 6.18. The van der Waals surface area contributed by atoms with Gasteiger partial charge in [-0.2, -0.15) is 0 Å². The maximum absolute atomic E-state index is 12.8. The minimum Gasteiger partial charge on any atom is -0.487 e. The molecule has 1 amide bonds. The van der Waals surface area contributed by atoms with Crippen molar-refractivity contribution in [2.24, 2.45) is 23.7 Å². The van der Waals surface area contributed by atoms with Gasteiger partial charge in [-0.3, -0.25) is 4.79 Å². The van der Waals surface area contributed by atoms with E-state index in [1.165, 1.54) is 32.1 Å². The third-order valence-electron chi connectivity index (χ3n) is 7.07. The van der Waals surface area contributed by atoms with E-state index in [0.29, 0.717) is 41.6 Å². The van der Waals surface area contributed by atoms with Crippen LogP contribution in [0, 0.1) is 23.7 Å². The molecule has 0 unspecified atom stereocenters. The summed E-state index contributed by atoms with van der Waals surface area (Å²) in [4.78, 5) is 12.8. The van der Waals surface area contributed by atoms with Gasteiger partial charge in [0.15, 0.2) is 0 Å². The molecule has 140 valence electrons. The van der Waals surface area contributed by atoms with Gasteiger partial charge in [0.2, 0.25) is 5.91 Å². The van der Waals surface area contributed by atoms with Gasteiger partial charge in [-0.25, -0.2) is 0 Å². The quantitative estimate of drug-likeness (QED) is 0.849. The van der Waals surface area contributed by atoms with Crippen LogP contribution in [0.5, 0.6) is 5.75 Å². The van der Waals surface area contributed by atoms with Crippen molar-refractivity contribution in [1.29, 1.82) is 0 Å². The van der Waals surface area contributed by atoms with Gasteiger partial charge >= 0.3 is 0 Å². The van der Waals surface area contributed by atoms with E-state index in [1.807, 2.05) is 24.3 Å². The number of amides is 1. The largest absolute Gasteiger partial charge is 0.487 e. The summed E-state index contributed by atoms with van der Waals surface area (Å²) in [6.07, 6.45) is 7.44. The standard InChI is InChI=1S/C21H27ClN2O2/c22-17-3-1-2-4-19(17)26-16-10-18(23-11-16)21(25)24-20-14-6-12-5-13(8-14)9-15(20)7-12/h1-4,12-16,18,20,23H,5-11H2,(H,24,25)/t12?,13?,14?,15?,16-,18-,20?/m0/s1. The molecule has 0 aromatic heterocycles. The van der Waals surface area contributed by atoms with Gasteiger partial charge in [0.1, 0.15) is 11.9 Å². The molecule has 4 nitrogen and oxygen atoms in total. The highest BCUT2D eigenvalue weighted by molar-refractivity contribution is 6.32. The Labute approximate surface area is 160 Å². The first-order chi connectivity index (χ1) is 12.7. The Bertz CT molecular complexity index is 666. The molecule has 2 atom stereocenters. The highest BCUT2D eigenvalue weighted by Crippen LogP contribution is 2.53. The lowest BCUT2D eigenvalue weighted by molar-refractivity contribution is -0.126. The molecular formula is C21H27ClN2O2. The van der Waals surface area contributed by atoms with E-state index >= 15 is 0 Å². The van der Waals surface area contributed by atoms with Crippen molar-refractivity contribution in [3.63, 3.8) is 0 Å². The average Bonchev–Trinajstić information content (AvgIpc) is 3.08. The zero-order valence-corrected chi connectivity index (χ0v) is 15.8. The van der Waals surface area contributed by atoms with E-state index < -0.39 is 0 Å². The molecule has 1 heterocycles. The predicted octanol–water partition coefficient (Wildman–Crippen LogP) is 3.39. The Morgan fingerprint density at radius 2 is 1.73 bits per heavy atom. The smallest absolute Gasteiger partial charge is 0.237 e. The second-order valence-electron chi connectivity index (χ2n) is 8.83. The van der Waals surface area contributed by atoms with Crippen LogP contribution < -0.4 is 15.4 Å². The van der Waals surface area contributed by atoms with E-state index in [9.17, 15) is 4.79 Å². The second-order valence-corrected chi connectivity index (χ2v) is 9.24. The van der Waals surface area contributed by atoms with Crippen LogP contribution in [0.25, 0.3) is 0 Å². The number of benzene rings is 1. The van der Waals surface area contributed by atoms with E-state index in [-0.39, 0.29) is 18.1 Å². The summed E-state index contributed by atoms with van der Waals surface area (Å²) in [6, 6.07) is 7.77. The molecule has 1 aliphatic heterocycles. The number of ether oxygens (including phenoxy) is 1. The van der Waals surface area contributed by atoms with Crippen molar-refractivity contribution in [2.45, 2.75) is 56.7 Å². The molecule has 4 saturated carbocycles. The van der Waals surface area contributed by atoms with Gasteiger partial charge in [-0.15, -0.1) is 0 Å². The molecule has 6 rings (SSSR count). The highest BCUT2D eigenvalue weighted by atomic mass is 35.5. The fraction of sp³-hybridized carbons (Fsp3) is 0.667. The monoisotopic (exact) mass is 374 g/mol. The predicted molar refractivity (Wildman–Crippen MR) is 101 cm³/mol. The summed E-state index contributed by atoms with van der Waals surface area (Å²) in [5, 5.41) is 7.38. The Hall–Kier alpha value is -1.26. The van der Waals surface area contributed by atoms with Crippen molar-refractivity contribution in [2.75, 3.05) is 6.54 Å². The van der Waals surface area contributed by atoms with Crippen LogP contribution in [0.3, 0.4) is 0 Å². The minimum absolute atomic E-state index is 0.0100. The van der Waals surface area contributed by atoms with Gasteiger partial charge in [-0.1, -0.05) is 23.7 Å². The normalized spacial score (nSPS) is 40.6. The van der Waals surface area contributed by atoms with E-state index in [0.717, 1.165) is 11.8 Å². The van der Waals surface area contributed by atoms with Crippen molar-refractivity contribution in [3.05, 3.63) is 29.3 Å². The average molecular weight is 375 g/mol. The molecule has 1 aromatic carbocycles. The van der Waals surface area contributed by atoms with Crippen LogP contribution in [-0.2, 0) is 4.79 Å². The maximum atomic E-state index is 12.8. The van der Waals surface area contributed by atoms with Crippen molar-refractivity contribution < 1.29 is 9.53 Å². The summed E-state index contributed by atoms with van der Waals surface area (Å²) in [5.41, 5.74) is 0. The van der Waals surface area contributed by atoms with Gasteiger partial charge in [0.25, 0.3) is 0 Å². The van der Waals surface area contributed by atoms with Crippen LogP contribution >= 0.6 is 11.6 Å². The second kappa shape index (κ2) is 6.72. The lowest BCUT2D eigenvalue weighted by atomic mass is 9.54. The third-order valence-corrected chi connectivity index (χ3v) is 7.39. The molecule has 1 aromatic rings. The zero-order chi connectivity index (χ0) is 17.7. The van der Waals surface area contributed by atoms with Crippen LogP contribution in [0.2, 0.25) is 5.02 Å². The summed E-state index contributed by atoms with van der Waals surface area (Å²) in [7, 11) is 0. The summed E-state index contributed by atoms with van der Waals surface area (Å²) in [5.74, 6) is 4.15. The molecule has 0 spiro atoms. The zero-order valence-electron chi connectivity index (χ0n) is 15.0. The lowest BCUT2D eigenvalue weighted by Gasteiger charge is -2.54. The molecule has 5 fully saturated rings. The molecule has 0 radical (unpaired) electrons. The number of halogens is 1. The minimum atomic E-state index is -0.153. The van der Waals surface area contributed by atoms with Gasteiger partial charge in [0.05, 0.1) is 11.1 Å². The molecule has 1 saturated heterocycles. The SMILES string of the molecule is O=C(NC1C2CC3CC(C2)CC1C3)[C@@H]1C[C@H](Oc2ccccc2Cl)CN1. The maximum Gasteiger partial charge on any atom is 0.237 e. The Kier molecular flexibility index (Phi) is 4.36. The fourth-order valence-electron chi connectivity index (χ4n) is 6.14. The molecule has 26 heavy (non-hydrogen) atoms. The van der Waals surface area contributed by atoms with Crippen LogP contribution in [0.4, 0.5) is 0 Å².